The number of ether oxygens (including phenoxy) is 2. The number of rotatable bonds is 6. The van der Waals surface area contributed by atoms with Gasteiger partial charge in [0.1, 0.15) is 0 Å². The van der Waals surface area contributed by atoms with Crippen molar-refractivity contribution in [1.82, 2.24) is 4.90 Å². The number of halogens is 3. The van der Waals surface area contributed by atoms with Crippen LogP contribution in [0.3, 0.4) is 0 Å². The summed E-state index contributed by atoms with van der Waals surface area (Å²) in [5.41, 5.74) is 0.913. The molecule has 1 fully saturated rings. The zero-order chi connectivity index (χ0) is 16.2. The lowest BCUT2D eigenvalue weighted by molar-refractivity contribution is -0.153. The Kier molecular flexibility index (Phi) is 5.52. The predicted molar refractivity (Wildman–Crippen MR) is 75.1 cm³/mol. The van der Waals surface area contributed by atoms with E-state index in [1.54, 1.807) is 12.1 Å². The van der Waals surface area contributed by atoms with Crippen LogP contribution >= 0.6 is 0 Å². The van der Waals surface area contributed by atoms with Gasteiger partial charge in [0.05, 0.1) is 13.7 Å². The van der Waals surface area contributed by atoms with E-state index < -0.39 is 12.8 Å². The fourth-order valence-corrected chi connectivity index (χ4v) is 2.63. The molecule has 1 aromatic rings. The molecular weight excluding hydrogens is 299 g/mol. The van der Waals surface area contributed by atoms with E-state index in [0.717, 1.165) is 24.9 Å². The first-order valence-corrected chi connectivity index (χ1v) is 7.14. The first-order valence-electron chi connectivity index (χ1n) is 7.14. The Labute approximate surface area is 127 Å². The van der Waals surface area contributed by atoms with Gasteiger partial charge < -0.3 is 14.6 Å². The maximum atomic E-state index is 12.2. The normalized spacial score (nSPS) is 19.4. The zero-order valence-electron chi connectivity index (χ0n) is 12.4. The molecule has 1 aliphatic heterocycles. The van der Waals surface area contributed by atoms with Crippen molar-refractivity contribution in [3.05, 3.63) is 23.8 Å². The summed E-state index contributed by atoms with van der Waals surface area (Å²) in [4.78, 5) is 2.16. The highest BCUT2D eigenvalue weighted by atomic mass is 19.4. The number of methoxy groups -OCH3 is 1. The van der Waals surface area contributed by atoms with Gasteiger partial charge in [-0.25, -0.2) is 0 Å². The summed E-state index contributed by atoms with van der Waals surface area (Å²) < 4.78 is 46.5. The fraction of sp³-hybridized carbons (Fsp3) is 0.600. The lowest BCUT2D eigenvalue weighted by atomic mass is 10.1. The molecule has 1 aromatic carbocycles. The standard InChI is InChI=1S/C15H20F3NO3/c1-21-14-7-11(8-19-6-2-3-12(19)9-20)4-5-13(14)22-10-15(16,17)18/h4-5,7,12,20H,2-3,6,8-10H2,1H3/t12-/m0/s1. The largest absolute Gasteiger partial charge is 0.493 e. The van der Waals surface area contributed by atoms with Gasteiger partial charge in [-0.2, -0.15) is 13.2 Å². The molecule has 1 heterocycles. The Morgan fingerprint density at radius 2 is 2.09 bits per heavy atom. The van der Waals surface area contributed by atoms with E-state index in [4.69, 9.17) is 9.47 Å². The first-order chi connectivity index (χ1) is 10.4. The highest BCUT2D eigenvalue weighted by molar-refractivity contribution is 5.43. The molecule has 124 valence electrons. The predicted octanol–water partition coefficient (Wildman–Crippen LogP) is 2.59. The van der Waals surface area contributed by atoms with Gasteiger partial charge in [0.15, 0.2) is 18.1 Å². The van der Waals surface area contributed by atoms with Crippen molar-refractivity contribution in [2.24, 2.45) is 0 Å². The summed E-state index contributed by atoms with van der Waals surface area (Å²) in [5.74, 6) is 0.352. The SMILES string of the molecule is COc1cc(CN2CCC[C@H]2CO)ccc1OCC(F)(F)F. The van der Waals surface area contributed by atoms with Gasteiger partial charge in [-0.15, -0.1) is 0 Å². The second kappa shape index (κ2) is 7.19. The molecule has 0 aliphatic carbocycles. The summed E-state index contributed by atoms with van der Waals surface area (Å²) in [6.45, 7) is 0.298. The molecule has 2 rings (SSSR count). The average Bonchev–Trinajstić information content (AvgIpc) is 2.92. The van der Waals surface area contributed by atoms with Gasteiger partial charge in [-0.05, 0) is 37.1 Å². The smallest absolute Gasteiger partial charge is 0.422 e. The minimum atomic E-state index is -4.38. The molecule has 1 saturated heterocycles. The second-order valence-electron chi connectivity index (χ2n) is 5.34. The highest BCUT2D eigenvalue weighted by Gasteiger charge is 2.29. The van der Waals surface area contributed by atoms with Crippen molar-refractivity contribution < 1.29 is 27.8 Å². The van der Waals surface area contributed by atoms with Crippen molar-refractivity contribution in [3.63, 3.8) is 0 Å². The van der Waals surface area contributed by atoms with Gasteiger partial charge in [-0.3, -0.25) is 4.90 Å². The van der Waals surface area contributed by atoms with Gasteiger partial charge >= 0.3 is 6.18 Å². The molecule has 7 heteroatoms. The number of aliphatic hydroxyl groups is 1. The van der Waals surface area contributed by atoms with Crippen LogP contribution in [0.25, 0.3) is 0 Å². The van der Waals surface area contributed by atoms with Gasteiger partial charge in [-0.1, -0.05) is 6.07 Å². The van der Waals surface area contributed by atoms with E-state index in [2.05, 4.69) is 4.90 Å². The van der Waals surface area contributed by atoms with Gasteiger partial charge in [0.2, 0.25) is 0 Å². The Hall–Kier alpha value is -1.47. The van der Waals surface area contributed by atoms with Crippen LogP contribution in [0.4, 0.5) is 13.2 Å². The number of aliphatic hydroxyl groups excluding tert-OH is 1. The van der Waals surface area contributed by atoms with Crippen LogP contribution in [0.2, 0.25) is 0 Å². The zero-order valence-corrected chi connectivity index (χ0v) is 12.4. The van der Waals surface area contributed by atoms with Crippen molar-refractivity contribution in [1.29, 1.82) is 0 Å². The number of nitrogens with zero attached hydrogens (tertiary/aromatic N) is 1. The lowest BCUT2D eigenvalue weighted by Gasteiger charge is -2.23. The number of alkyl halides is 3. The quantitative estimate of drug-likeness (QED) is 0.875. The van der Waals surface area contributed by atoms with Crippen molar-refractivity contribution in [2.45, 2.75) is 31.6 Å². The van der Waals surface area contributed by atoms with E-state index in [9.17, 15) is 18.3 Å². The molecule has 0 aromatic heterocycles. The fourth-order valence-electron chi connectivity index (χ4n) is 2.63. The minimum absolute atomic E-state index is 0.0729. The maximum Gasteiger partial charge on any atom is 0.422 e. The van der Waals surface area contributed by atoms with E-state index >= 15 is 0 Å². The summed E-state index contributed by atoms with van der Waals surface area (Å²) in [6, 6.07) is 5.04. The topological polar surface area (TPSA) is 41.9 Å². The van der Waals surface area contributed by atoms with Gasteiger partial charge in [0.25, 0.3) is 0 Å². The van der Waals surface area contributed by atoms with E-state index in [1.807, 2.05) is 0 Å². The van der Waals surface area contributed by atoms with Crippen LogP contribution in [-0.2, 0) is 6.54 Å². The third-order valence-electron chi connectivity index (χ3n) is 3.71. The third-order valence-corrected chi connectivity index (χ3v) is 3.71. The minimum Gasteiger partial charge on any atom is -0.493 e. The van der Waals surface area contributed by atoms with Crippen molar-refractivity contribution in [2.75, 3.05) is 26.9 Å². The van der Waals surface area contributed by atoms with Crippen LogP contribution < -0.4 is 9.47 Å². The van der Waals surface area contributed by atoms with Crippen LogP contribution in [0.5, 0.6) is 11.5 Å². The van der Waals surface area contributed by atoms with Crippen LogP contribution in [-0.4, -0.2) is 49.1 Å². The van der Waals surface area contributed by atoms with Crippen LogP contribution in [0.15, 0.2) is 18.2 Å². The summed E-state index contributed by atoms with van der Waals surface area (Å²) in [5, 5.41) is 9.31. The van der Waals surface area contributed by atoms with Crippen molar-refractivity contribution >= 4 is 0 Å². The molecule has 0 spiro atoms. The van der Waals surface area contributed by atoms with Crippen LogP contribution in [0, 0.1) is 0 Å². The summed E-state index contributed by atoms with van der Waals surface area (Å²) in [6.07, 6.45) is -2.39. The Bertz CT molecular complexity index is 493. The van der Waals surface area contributed by atoms with Crippen molar-refractivity contribution in [3.8, 4) is 11.5 Å². The average molecular weight is 319 g/mol. The van der Waals surface area contributed by atoms with E-state index in [0.29, 0.717) is 6.54 Å². The number of benzene rings is 1. The van der Waals surface area contributed by atoms with E-state index in [1.165, 1.54) is 13.2 Å². The Morgan fingerprint density at radius 3 is 2.73 bits per heavy atom. The van der Waals surface area contributed by atoms with Gasteiger partial charge in [0, 0.05) is 12.6 Å². The molecular formula is C15H20F3NO3. The Morgan fingerprint density at radius 1 is 1.32 bits per heavy atom. The number of hydrogen-bond donors (Lipinski definition) is 1. The molecule has 1 aliphatic rings. The molecule has 4 nitrogen and oxygen atoms in total. The first kappa shape index (κ1) is 16.9. The van der Waals surface area contributed by atoms with E-state index in [-0.39, 0.29) is 24.1 Å². The molecule has 1 atom stereocenters. The van der Waals surface area contributed by atoms with Crippen LogP contribution in [0.1, 0.15) is 18.4 Å². The highest BCUT2D eigenvalue weighted by Crippen LogP contribution is 2.31. The monoisotopic (exact) mass is 319 g/mol. The molecule has 0 saturated carbocycles. The molecule has 0 unspecified atom stereocenters. The maximum absolute atomic E-state index is 12.2. The second-order valence-corrected chi connectivity index (χ2v) is 5.34. The lowest BCUT2D eigenvalue weighted by Crippen LogP contribution is -2.31. The molecule has 0 radical (unpaired) electrons. The molecule has 1 N–H and O–H groups in total. The Balaban J connectivity index is 2.05. The number of hydrogen-bond acceptors (Lipinski definition) is 4. The summed E-state index contributed by atoms with van der Waals surface area (Å²) >= 11 is 0. The number of likely N-dealkylation sites (tertiary alicyclic amines) is 1. The third kappa shape index (κ3) is 4.51. The summed E-state index contributed by atoms with van der Waals surface area (Å²) in [7, 11) is 1.39. The molecule has 22 heavy (non-hydrogen) atoms. The molecule has 0 amide bonds. The molecule has 0 bridgehead atoms.